The van der Waals surface area contributed by atoms with Gasteiger partial charge in [-0.05, 0) is 37.7 Å². The lowest BCUT2D eigenvalue weighted by atomic mass is 10.1. The van der Waals surface area contributed by atoms with Crippen LogP contribution in [-0.4, -0.2) is 28.9 Å². The van der Waals surface area contributed by atoms with Crippen LogP contribution in [0.1, 0.15) is 18.1 Å². The molecule has 0 radical (unpaired) electrons. The fourth-order valence-electron chi connectivity index (χ4n) is 1.20. The van der Waals surface area contributed by atoms with Crippen LogP contribution in [0.15, 0.2) is 18.2 Å². The fourth-order valence-corrected chi connectivity index (χ4v) is 1.20. The molecule has 0 aromatic heterocycles. The Labute approximate surface area is 82.8 Å². The van der Waals surface area contributed by atoms with E-state index in [4.69, 9.17) is 5.11 Å². The third-order valence-corrected chi connectivity index (χ3v) is 2.05. The molecule has 0 aliphatic rings. The molecule has 0 aliphatic carbocycles. The Morgan fingerprint density at radius 2 is 2.00 bits per heavy atom. The highest BCUT2D eigenvalue weighted by Crippen LogP contribution is 2.28. The van der Waals surface area contributed by atoms with Crippen LogP contribution in [-0.2, 0) is 0 Å². The highest BCUT2D eigenvalue weighted by molar-refractivity contribution is 5.41. The summed E-state index contributed by atoms with van der Waals surface area (Å²) in [6, 6.07) is 4.33. The molecule has 0 bridgehead atoms. The van der Waals surface area contributed by atoms with Gasteiger partial charge in [0.2, 0.25) is 0 Å². The number of aliphatic hydroxyl groups excluding tert-OH is 1. The summed E-state index contributed by atoms with van der Waals surface area (Å²) in [6.45, 7) is 0.697. The third-order valence-electron chi connectivity index (χ3n) is 2.05. The van der Waals surface area contributed by atoms with E-state index in [-0.39, 0.29) is 11.5 Å². The predicted molar refractivity (Wildman–Crippen MR) is 53.3 cm³/mol. The van der Waals surface area contributed by atoms with E-state index < -0.39 is 6.10 Å². The first-order chi connectivity index (χ1) is 6.65. The summed E-state index contributed by atoms with van der Waals surface area (Å²) in [4.78, 5) is 0. The molecule has 1 atom stereocenters. The van der Waals surface area contributed by atoms with Gasteiger partial charge in [-0.15, -0.1) is 0 Å². The molecular weight excluding hydrogens is 182 g/mol. The summed E-state index contributed by atoms with van der Waals surface area (Å²) >= 11 is 0. The Kier molecular flexibility index (Phi) is 3.73. The molecular formula is C10H15NO3. The number of hydrogen-bond donors (Lipinski definition) is 4. The Bertz CT molecular complexity index is 301. The molecule has 0 saturated carbocycles. The van der Waals surface area contributed by atoms with E-state index in [9.17, 15) is 10.2 Å². The number of hydrogen-bond acceptors (Lipinski definition) is 4. The van der Waals surface area contributed by atoms with Gasteiger partial charge in [-0.25, -0.2) is 0 Å². The Hall–Kier alpha value is -1.26. The zero-order valence-electron chi connectivity index (χ0n) is 8.07. The van der Waals surface area contributed by atoms with Crippen molar-refractivity contribution in [3.05, 3.63) is 23.8 Å². The quantitative estimate of drug-likeness (QED) is 0.537. The maximum Gasteiger partial charge on any atom is 0.157 e. The molecule has 1 aromatic rings. The van der Waals surface area contributed by atoms with Gasteiger partial charge in [-0.1, -0.05) is 6.07 Å². The van der Waals surface area contributed by atoms with E-state index in [2.05, 4.69) is 5.32 Å². The number of aromatic hydroxyl groups is 2. The fraction of sp³-hybridized carbons (Fsp3) is 0.400. The maximum absolute atomic E-state index is 9.63. The van der Waals surface area contributed by atoms with Crippen molar-refractivity contribution in [3.8, 4) is 11.5 Å². The lowest BCUT2D eigenvalue weighted by Crippen LogP contribution is -2.11. The van der Waals surface area contributed by atoms with Crippen molar-refractivity contribution < 1.29 is 15.3 Å². The van der Waals surface area contributed by atoms with Gasteiger partial charge >= 0.3 is 0 Å². The summed E-state index contributed by atoms with van der Waals surface area (Å²) in [7, 11) is 1.81. The molecule has 0 heterocycles. The number of aliphatic hydroxyl groups is 1. The Balaban J connectivity index is 2.70. The van der Waals surface area contributed by atoms with Crippen molar-refractivity contribution in [3.63, 3.8) is 0 Å². The van der Waals surface area contributed by atoms with Gasteiger partial charge in [-0.2, -0.15) is 0 Å². The van der Waals surface area contributed by atoms with Gasteiger partial charge < -0.3 is 20.6 Å². The lowest BCUT2D eigenvalue weighted by molar-refractivity contribution is 0.167. The van der Waals surface area contributed by atoms with Crippen LogP contribution >= 0.6 is 0 Å². The monoisotopic (exact) mass is 197 g/mol. The van der Waals surface area contributed by atoms with Crippen LogP contribution in [0.2, 0.25) is 0 Å². The summed E-state index contributed by atoms with van der Waals surface area (Å²) in [6.07, 6.45) is -0.0466. The standard InChI is InChI=1S/C10H15NO3/c1-11-5-4-8(12)7-2-3-9(13)10(14)6-7/h2-3,6,8,11-14H,4-5H2,1H3. The number of phenols is 2. The highest BCUT2D eigenvalue weighted by atomic mass is 16.3. The topological polar surface area (TPSA) is 72.7 Å². The van der Waals surface area contributed by atoms with Crippen LogP contribution in [0.5, 0.6) is 11.5 Å². The molecule has 0 fully saturated rings. The van der Waals surface area contributed by atoms with Crippen LogP contribution in [0.3, 0.4) is 0 Å². The zero-order chi connectivity index (χ0) is 10.6. The molecule has 4 N–H and O–H groups in total. The van der Waals surface area contributed by atoms with Crippen LogP contribution in [0.25, 0.3) is 0 Å². The van der Waals surface area contributed by atoms with Crippen molar-refractivity contribution in [1.29, 1.82) is 0 Å². The number of phenolic OH excluding ortho intramolecular Hbond substituents is 2. The highest BCUT2D eigenvalue weighted by Gasteiger charge is 2.09. The van der Waals surface area contributed by atoms with E-state index in [1.165, 1.54) is 12.1 Å². The normalized spacial score (nSPS) is 12.7. The van der Waals surface area contributed by atoms with Crippen molar-refractivity contribution in [2.24, 2.45) is 0 Å². The zero-order valence-corrected chi connectivity index (χ0v) is 8.07. The van der Waals surface area contributed by atoms with Crippen molar-refractivity contribution in [1.82, 2.24) is 5.32 Å². The summed E-state index contributed by atoms with van der Waals surface area (Å²) in [5, 5.41) is 30.8. The van der Waals surface area contributed by atoms with Crippen LogP contribution in [0, 0.1) is 0 Å². The molecule has 0 amide bonds. The average molecular weight is 197 g/mol. The SMILES string of the molecule is CNCCC(O)c1ccc(O)c(O)c1. The summed E-state index contributed by atoms with van der Waals surface area (Å²) in [5.41, 5.74) is 0.607. The molecule has 4 heteroatoms. The van der Waals surface area contributed by atoms with E-state index in [0.717, 1.165) is 0 Å². The van der Waals surface area contributed by atoms with Gasteiger partial charge in [0.05, 0.1) is 6.10 Å². The van der Waals surface area contributed by atoms with E-state index >= 15 is 0 Å². The van der Waals surface area contributed by atoms with E-state index in [1.807, 2.05) is 0 Å². The minimum atomic E-state index is -0.617. The molecule has 1 rings (SSSR count). The molecule has 14 heavy (non-hydrogen) atoms. The first-order valence-corrected chi connectivity index (χ1v) is 4.49. The van der Waals surface area contributed by atoms with Gasteiger partial charge in [0, 0.05) is 0 Å². The van der Waals surface area contributed by atoms with Gasteiger partial charge in [0.1, 0.15) is 0 Å². The minimum absolute atomic E-state index is 0.172. The largest absolute Gasteiger partial charge is 0.504 e. The van der Waals surface area contributed by atoms with Crippen molar-refractivity contribution in [2.75, 3.05) is 13.6 Å². The van der Waals surface area contributed by atoms with Crippen molar-refractivity contribution in [2.45, 2.75) is 12.5 Å². The number of rotatable bonds is 4. The molecule has 78 valence electrons. The maximum atomic E-state index is 9.63. The van der Waals surface area contributed by atoms with Gasteiger partial charge in [0.15, 0.2) is 11.5 Å². The molecule has 0 aliphatic heterocycles. The smallest absolute Gasteiger partial charge is 0.157 e. The van der Waals surface area contributed by atoms with E-state index in [1.54, 1.807) is 13.1 Å². The Morgan fingerprint density at radius 3 is 2.57 bits per heavy atom. The summed E-state index contributed by atoms with van der Waals surface area (Å²) < 4.78 is 0. The average Bonchev–Trinajstić information content (AvgIpc) is 2.18. The molecule has 1 unspecified atom stereocenters. The third kappa shape index (κ3) is 2.61. The second kappa shape index (κ2) is 4.83. The van der Waals surface area contributed by atoms with Crippen LogP contribution in [0.4, 0.5) is 0 Å². The second-order valence-corrected chi connectivity index (χ2v) is 3.16. The summed E-state index contributed by atoms with van der Waals surface area (Å²) in [5.74, 6) is -0.374. The molecule has 4 nitrogen and oxygen atoms in total. The van der Waals surface area contributed by atoms with Gasteiger partial charge in [-0.3, -0.25) is 0 Å². The van der Waals surface area contributed by atoms with Crippen molar-refractivity contribution >= 4 is 0 Å². The Morgan fingerprint density at radius 1 is 1.29 bits per heavy atom. The minimum Gasteiger partial charge on any atom is -0.504 e. The number of nitrogens with one attached hydrogen (secondary N) is 1. The first kappa shape index (κ1) is 10.8. The first-order valence-electron chi connectivity index (χ1n) is 4.49. The lowest BCUT2D eigenvalue weighted by Gasteiger charge is -2.11. The molecule has 1 aromatic carbocycles. The van der Waals surface area contributed by atoms with E-state index in [0.29, 0.717) is 18.5 Å². The second-order valence-electron chi connectivity index (χ2n) is 3.16. The van der Waals surface area contributed by atoms with Gasteiger partial charge in [0.25, 0.3) is 0 Å². The molecule has 0 spiro atoms. The number of benzene rings is 1. The predicted octanol–water partition coefficient (Wildman–Crippen LogP) is 0.741. The molecule has 0 saturated heterocycles. The van der Waals surface area contributed by atoms with Crippen LogP contribution < -0.4 is 5.32 Å².